The first-order valence-corrected chi connectivity index (χ1v) is 16.5. The van der Waals surface area contributed by atoms with E-state index >= 15 is 0 Å². The first kappa shape index (κ1) is 28.8. The van der Waals surface area contributed by atoms with Crippen molar-refractivity contribution in [3.05, 3.63) is 66.7 Å². The minimum atomic E-state index is -3.54. The number of hydrogen-bond acceptors (Lipinski definition) is 8. The molecule has 1 saturated carbocycles. The predicted molar refractivity (Wildman–Crippen MR) is 168 cm³/mol. The molecule has 1 aliphatic carbocycles. The molecule has 10 heteroatoms. The molecule has 1 aromatic heterocycles. The highest BCUT2D eigenvalue weighted by molar-refractivity contribution is 7.89. The number of hydrogen-bond donors (Lipinski definition) is 3. The van der Waals surface area contributed by atoms with Gasteiger partial charge in [0.25, 0.3) is 0 Å². The van der Waals surface area contributed by atoms with Gasteiger partial charge in [0.2, 0.25) is 16.0 Å². The normalized spacial score (nSPS) is 20.1. The number of benzene rings is 3. The van der Waals surface area contributed by atoms with Gasteiger partial charge in [-0.2, -0.15) is 4.98 Å². The SMILES string of the molecule is O=S(=O)(NCC1CCC(CNc2nc(NCCN3CCOCC3)c3ccccc3n2)CC1)c1ccc2ccccc2c1. The van der Waals surface area contributed by atoms with E-state index in [1.807, 2.05) is 48.5 Å². The molecule has 0 amide bonds. The van der Waals surface area contributed by atoms with E-state index in [-0.39, 0.29) is 0 Å². The van der Waals surface area contributed by atoms with Crippen molar-refractivity contribution in [2.24, 2.45) is 11.8 Å². The Labute approximate surface area is 248 Å². The maximum Gasteiger partial charge on any atom is 0.240 e. The number of sulfonamides is 1. The highest BCUT2D eigenvalue weighted by atomic mass is 32.2. The summed E-state index contributed by atoms with van der Waals surface area (Å²) < 4.78 is 34.2. The van der Waals surface area contributed by atoms with Crippen LogP contribution in [0.5, 0.6) is 0 Å². The molecule has 0 radical (unpaired) electrons. The van der Waals surface area contributed by atoms with Gasteiger partial charge in [0.15, 0.2) is 0 Å². The van der Waals surface area contributed by atoms with Gasteiger partial charge < -0.3 is 15.4 Å². The molecule has 9 nitrogen and oxygen atoms in total. The molecular weight excluding hydrogens is 548 g/mol. The van der Waals surface area contributed by atoms with E-state index in [1.54, 1.807) is 12.1 Å². The van der Waals surface area contributed by atoms with Crippen LogP contribution in [-0.4, -0.2) is 75.8 Å². The number of fused-ring (bicyclic) bond motifs is 2. The van der Waals surface area contributed by atoms with E-state index in [1.165, 1.54) is 0 Å². The van der Waals surface area contributed by atoms with Crippen LogP contribution in [0.2, 0.25) is 0 Å². The number of nitrogens with zero attached hydrogens (tertiary/aromatic N) is 3. The third-order valence-corrected chi connectivity index (χ3v) is 9.96. The number of rotatable bonds is 11. The minimum absolute atomic E-state index is 0.324. The molecule has 2 heterocycles. The van der Waals surface area contributed by atoms with Crippen molar-refractivity contribution in [1.82, 2.24) is 19.6 Å². The Bertz CT molecular complexity index is 1600. The summed E-state index contributed by atoms with van der Waals surface area (Å²) in [4.78, 5) is 12.3. The topological polar surface area (TPSA) is 108 Å². The van der Waals surface area contributed by atoms with E-state index in [4.69, 9.17) is 14.7 Å². The lowest BCUT2D eigenvalue weighted by molar-refractivity contribution is 0.0398. The van der Waals surface area contributed by atoms with E-state index in [0.29, 0.717) is 29.2 Å². The molecule has 4 aromatic rings. The number of morpholine rings is 1. The largest absolute Gasteiger partial charge is 0.379 e. The van der Waals surface area contributed by atoms with Gasteiger partial charge in [0.05, 0.1) is 23.6 Å². The van der Waals surface area contributed by atoms with Gasteiger partial charge in [-0.25, -0.2) is 18.1 Å². The van der Waals surface area contributed by atoms with Crippen molar-refractivity contribution < 1.29 is 13.2 Å². The molecule has 6 rings (SSSR count). The highest BCUT2D eigenvalue weighted by Gasteiger charge is 2.24. The molecule has 0 spiro atoms. The van der Waals surface area contributed by atoms with Crippen LogP contribution in [0, 0.1) is 11.8 Å². The van der Waals surface area contributed by atoms with Crippen molar-refractivity contribution >= 4 is 43.5 Å². The number of anilines is 2. The van der Waals surface area contributed by atoms with Gasteiger partial charge in [-0.15, -0.1) is 0 Å². The smallest absolute Gasteiger partial charge is 0.240 e. The Morgan fingerprint density at radius 2 is 1.52 bits per heavy atom. The van der Waals surface area contributed by atoms with Crippen LogP contribution >= 0.6 is 0 Å². The fraction of sp³-hybridized carbons (Fsp3) is 0.438. The summed E-state index contributed by atoms with van der Waals surface area (Å²) in [5, 5.41) is 10.0. The summed E-state index contributed by atoms with van der Waals surface area (Å²) in [6, 6.07) is 21.2. The second kappa shape index (κ2) is 13.3. The lowest BCUT2D eigenvalue weighted by Gasteiger charge is -2.28. The van der Waals surface area contributed by atoms with Crippen molar-refractivity contribution in [2.45, 2.75) is 30.6 Å². The van der Waals surface area contributed by atoms with E-state index < -0.39 is 10.0 Å². The zero-order valence-electron chi connectivity index (χ0n) is 24.0. The molecule has 222 valence electrons. The zero-order chi connectivity index (χ0) is 28.8. The fourth-order valence-electron chi connectivity index (χ4n) is 5.97. The van der Waals surface area contributed by atoms with Crippen molar-refractivity contribution in [3.63, 3.8) is 0 Å². The summed E-state index contributed by atoms with van der Waals surface area (Å²) in [6.45, 7) is 6.58. The molecule has 0 unspecified atom stereocenters. The quantitative estimate of drug-likeness (QED) is 0.231. The number of aromatic nitrogens is 2. The molecule has 3 aromatic carbocycles. The number of para-hydroxylation sites is 1. The maximum absolute atomic E-state index is 13.0. The van der Waals surface area contributed by atoms with Crippen LogP contribution in [0.25, 0.3) is 21.7 Å². The molecule has 1 aliphatic heterocycles. The monoisotopic (exact) mass is 588 g/mol. The molecule has 42 heavy (non-hydrogen) atoms. The van der Waals surface area contributed by atoms with E-state index in [2.05, 4.69) is 26.3 Å². The Morgan fingerprint density at radius 1 is 0.810 bits per heavy atom. The molecule has 0 bridgehead atoms. The summed E-state index contributed by atoms with van der Waals surface area (Å²) in [7, 11) is -3.54. The molecule has 2 aliphatic rings. The van der Waals surface area contributed by atoms with Gasteiger partial charge >= 0.3 is 0 Å². The molecular formula is C32H40N6O3S. The van der Waals surface area contributed by atoms with Crippen LogP contribution in [0.3, 0.4) is 0 Å². The lowest BCUT2D eigenvalue weighted by atomic mass is 9.82. The van der Waals surface area contributed by atoms with Crippen LogP contribution in [-0.2, 0) is 14.8 Å². The fourth-order valence-corrected chi connectivity index (χ4v) is 7.12. The molecule has 0 atom stereocenters. The summed E-state index contributed by atoms with van der Waals surface area (Å²) in [5.41, 5.74) is 0.922. The lowest BCUT2D eigenvalue weighted by Crippen LogP contribution is -2.39. The standard InChI is InChI=1S/C32H40N6O3S/c39-42(40,28-14-13-26-5-1-2-6-27(26)21-28)35-23-25-11-9-24(10-12-25)22-34-32-36-30-8-4-3-7-29(30)31(37-32)33-15-16-38-17-19-41-20-18-38/h1-8,13-14,21,24-25,35H,9-12,15-20,22-23H2,(H2,33,34,36,37). The van der Waals surface area contributed by atoms with E-state index in [0.717, 1.165) is 99.1 Å². The van der Waals surface area contributed by atoms with Crippen molar-refractivity contribution in [3.8, 4) is 0 Å². The summed E-state index contributed by atoms with van der Waals surface area (Å²) in [6.07, 6.45) is 4.10. The summed E-state index contributed by atoms with van der Waals surface area (Å²) in [5.74, 6) is 2.36. The molecule has 3 N–H and O–H groups in total. The zero-order valence-corrected chi connectivity index (χ0v) is 24.8. The van der Waals surface area contributed by atoms with Gasteiger partial charge in [-0.05, 0) is 72.6 Å². The number of ether oxygens (including phenoxy) is 1. The third kappa shape index (κ3) is 7.18. The Balaban J connectivity index is 0.990. The predicted octanol–water partition coefficient (Wildman–Crippen LogP) is 4.72. The second-order valence-corrected chi connectivity index (χ2v) is 13.2. The van der Waals surface area contributed by atoms with Crippen molar-refractivity contribution in [2.75, 3.05) is 63.1 Å². The minimum Gasteiger partial charge on any atom is -0.379 e. The second-order valence-electron chi connectivity index (χ2n) is 11.4. The van der Waals surface area contributed by atoms with Crippen LogP contribution in [0.4, 0.5) is 11.8 Å². The maximum atomic E-state index is 13.0. The van der Waals surface area contributed by atoms with Gasteiger partial charge in [0, 0.05) is 44.7 Å². The molecule has 1 saturated heterocycles. The Kier molecular flexibility index (Phi) is 9.14. The molecule has 2 fully saturated rings. The first-order chi connectivity index (χ1) is 20.5. The average Bonchev–Trinajstić information content (AvgIpc) is 3.03. The Hall–Kier alpha value is -3.31. The van der Waals surface area contributed by atoms with Gasteiger partial charge in [0.1, 0.15) is 5.82 Å². The Morgan fingerprint density at radius 3 is 2.33 bits per heavy atom. The van der Waals surface area contributed by atoms with Gasteiger partial charge in [-0.3, -0.25) is 4.90 Å². The van der Waals surface area contributed by atoms with E-state index in [9.17, 15) is 8.42 Å². The average molecular weight is 589 g/mol. The van der Waals surface area contributed by atoms with Crippen molar-refractivity contribution in [1.29, 1.82) is 0 Å². The highest BCUT2D eigenvalue weighted by Crippen LogP contribution is 2.29. The van der Waals surface area contributed by atoms with Crippen LogP contribution in [0.1, 0.15) is 25.7 Å². The first-order valence-electron chi connectivity index (χ1n) is 15.1. The van der Waals surface area contributed by atoms with Gasteiger partial charge in [-0.1, -0.05) is 42.5 Å². The summed E-state index contributed by atoms with van der Waals surface area (Å²) >= 11 is 0. The third-order valence-electron chi connectivity index (χ3n) is 8.54. The van der Waals surface area contributed by atoms with Crippen LogP contribution < -0.4 is 15.4 Å². The van der Waals surface area contributed by atoms with Crippen LogP contribution in [0.15, 0.2) is 71.6 Å². The number of nitrogens with one attached hydrogen (secondary N) is 3.